The van der Waals surface area contributed by atoms with Crippen LogP contribution in [0.25, 0.3) is 0 Å². The number of rotatable bonds is 13. The van der Waals surface area contributed by atoms with E-state index in [-0.39, 0.29) is 36.1 Å². The number of carbonyl (C=O) groups is 4. The number of hydrogen-bond acceptors (Lipinski definition) is 12. The topological polar surface area (TPSA) is 186 Å². The number of benzene rings is 1. The van der Waals surface area contributed by atoms with Crippen LogP contribution in [-0.2, 0) is 39.8 Å². The Morgan fingerprint density at radius 1 is 0.857 bits per heavy atom. The van der Waals surface area contributed by atoms with Gasteiger partial charge in [-0.05, 0) is 32.4 Å². The van der Waals surface area contributed by atoms with Gasteiger partial charge in [0.05, 0.1) is 39.1 Å². The first kappa shape index (κ1) is 29.7. The Hall–Kier alpha value is -3.38. The second-order valence-electron chi connectivity index (χ2n) is 8.05. The lowest BCUT2D eigenvalue weighted by atomic mass is 10.00. The zero-order chi connectivity index (χ0) is 26.7. The lowest BCUT2D eigenvalue weighted by Crippen LogP contribution is -2.29. The van der Waals surface area contributed by atoms with Gasteiger partial charge in [-0.25, -0.2) is 4.79 Å². The van der Waals surface area contributed by atoms with E-state index in [0.29, 0.717) is 0 Å². The molecular formula is C23H32O12. The van der Waals surface area contributed by atoms with Crippen molar-refractivity contribution in [2.45, 2.75) is 70.9 Å². The second-order valence-corrected chi connectivity index (χ2v) is 8.05. The minimum Gasteiger partial charge on any atom is -0.508 e. The average Bonchev–Trinajstić information content (AvgIpc) is 2.71. The summed E-state index contributed by atoms with van der Waals surface area (Å²) in [6.45, 7) is 3.69. The molecule has 0 fully saturated rings. The average molecular weight is 500 g/mol. The maximum absolute atomic E-state index is 12.6. The van der Waals surface area contributed by atoms with E-state index in [1.54, 1.807) is 0 Å². The predicted molar refractivity (Wildman–Crippen MR) is 118 cm³/mol. The normalized spacial score (nSPS) is 14.2. The summed E-state index contributed by atoms with van der Waals surface area (Å²) in [7, 11) is 1.19. The quantitative estimate of drug-likeness (QED) is 0.220. The van der Waals surface area contributed by atoms with Crippen LogP contribution in [0, 0.1) is 0 Å². The van der Waals surface area contributed by atoms with Crippen LogP contribution in [0.15, 0.2) is 12.1 Å². The molecule has 0 amide bonds. The second kappa shape index (κ2) is 14.1. The third-order valence-corrected chi connectivity index (χ3v) is 4.58. The number of carbonyl (C=O) groups excluding carboxylic acids is 4. The van der Waals surface area contributed by atoms with Crippen molar-refractivity contribution in [3.05, 3.63) is 23.3 Å². The minimum atomic E-state index is -1.17. The zero-order valence-electron chi connectivity index (χ0n) is 20.1. The molecule has 0 saturated carbocycles. The smallest absolute Gasteiger partial charge is 0.342 e. The first-order valence-corrected chi connectivity index (χ1v) is 10.9. The number of methoxy groups -OCH3 is 1. The van der Waals surface area contributed by atoms with Gasteiger partial charge in [0.2, 0.25) is 0 Å². The van der Waals surface area contributed by atoms with Crippen LogP contribution in [-0.4, -0.2) is 82.4 Å². The van der Waals surface area contributed by atoms with Crippen LogP contribution in [0.4, 0.5) is 0 Å². The summed E-state index contributed by atoms with van der Waals surface area (Å²) >= 11 is 0. The number of phenolic OH excluding ortho intramolecular Hbond substituents is 2. The molecule has 12 nitrogen and oxygen atoms in total. The van der Waals surface area contributed by atoms with Gasteiger partial charge in [-0.1, -0.05) is 0 Å². The van der Waals surface area contributed by atoms with Gasteiger partial charge in [0.15, 0.2) is 0 Å². The lowest BCUT2D eigenvalue weighted by molar-refractivity contribution is -0.160. The summed E-state index contributed by atoms with van der Waals surface area (Å²) in [5.41, 5.74) is -0.164. The molecule has 0 saturated heterocycles. The lowest BCUT2D eigenvalue weighted by Gasteiger charge is -2.19. The third kappa shape index (κ3) is 10.6. The van der Waals surface area contributed by atoms with E-state index in [4.69, 9.17) is 14.2 Å². The number of aliphatic hydroxyl groups excluding tert-OH is 2. The molecule has 0 spiro atoms. The first-order chi connectivity index (χ1) is 16.4. The van der Waals surface area contributed by atoms with Gasteiger partial charge in [-0.3, -0.25) is 14.4 Å². The van der Waals surface area contributed by atoms with E-state index < -0.39 is 67.1 Å². The van der Waals surface area contributed by atoms with Crippen LogP contribution in [0.1, 0.15) is 56.0 Å². The summed E-state index contributed by atoms with van der Waals surface area (Å²) in [4.78, 5) is 47.9. The molecule has 12 heteroatoms. The monoisotopic (exact) mass is 500 g/mol. The number of ether oxygens (including phenoxy) is 4. The number of phenols is 2. The van der Waals surface area contributed by atoms with Crippen molar-refractivity contribution in [1.82, 2.24) is 0 Å². The molecule has 0 aliphatic rings. The van der Waals surface area contributed by atoms with E-state index in [1.165, 1.54) is 33.9 Å². The molecule has 0 aromatic heterocycles. The number of esters is 4. The molecule has 1 aromatic carbocycles. The summed E-state index contributed by atoms with van der Waals surface area (Å²) in [6.07, 6.45) is -4.94. The molecule has 0 aliphatic heterocycles. The Bertz CT molecular complexity index is 895. The maximum Gasteiger partial charge on any atom is 0.342 e. The summed E-state index contributed by atoms with van der Waals surface area (Å²) in [6, 6.07) is 2.13. The highest BCUT2D eigenvalue weighted by molar-refractivity contribution is 5.94. The Morgan fingerprint density at radius 2 is 1.49 bits per heavy atom. The highest BCUT2D eigenvalue weighted by Crippen LogP contribution is 2.30. The van der Waals surface area contributed by atoms with Crippen LogP contribution in [0.2, 0.25) is 0 Å². The van der Waals surface area contributed by atoms with E-state index in [0.717, 1.165) is 6.07 Å². The molecule has 35 heavy (non-hydrogen) atoms. The summed E-state index contributed by atoms with van der Waals surface area (Å²) in [5, 5.41) is 38.6. The highest BCUT2D eigenvalue weighted by atomic mass is 16.6. The number of aliphatic hydroxyl groups is 2. The number of aromatic hydroxyl groups is 2. The molecule has 4 N–H and O–H groups in total. The van der Waals surface area contributed by atoms with Gasteiger partial charge < -0.3 is 39.4 Å². The molecular weight excluding hydrogens is 468 g/mol. The SMILES string of the molecule is COC(=O)C[C@H](C)OC(=O)c1c(O)cc(O)cc1C[C@@H](C)OC(=O)C[C@@H](CO)OC(=O)C[C@H](C)O. The van der Waals surface area contributed by atoms with Gasteiger partial charge in [0, 0.05) is 12.5 Å². The van der Waals surface area contributed by atoms with Gasteiger partial charge in [-0.2, -0.15) is 0 Å². The van der Waals surface area contributed by atoms with E-state index in [2.05, 4.69) is 4.74 Å². The Balaban J connectivity index is 2.86. The molecule has 1 aromatic rings. The van der Waals surface area contributed by atoms with Crippen molar-refractivity contribution >= 4 is 23.9 Å². The van der Waals surface area contributed by atoms with E-state index >= 15 is 0 Å². The molecule has 0 bridgehead atoms. The zero-order valence-corrected chi connectivity index (χ0v) is 20.1. The third-order valence-electron chi connectivity index (χ3n) is 4.58. The van der Waals surface area contributed by atoms with Crippen molar-refractivity contribution in [3.8, 4) is 11.5 Å². The predicted octanol–water partition coefficient (Wildman–Crippen LogP) is 0.745. The fourth-order valence-electron chi connectivity index (χ4n) is 3.10. The van der Waals surface area contributed by atoms with Crippen molar-refractivity contribution in [3.63, 3.8) is 0 Å². The fraction of sp³-hybridized carbons (Fsp3) is 0.565. The molecule has 0 aliphatic carbocycles. The van der Waals surface area contributed by atoms with Crippen molar-refractivity contribution in [2.75, 3.05) is 13.7 Å². The fourth-order valence-corrected chi connectivity index (χ4v) is 3.10. The summed E-state index contributed by atoms with van der Waals surface area (Å²) < 4.78 is 19.9. The van der Waals surface area contributed by atoms with Crippen LogP contribution in [0.3, 0.4) is 0 Å². The largest absolute Gasteiger partial charge is 0.508 e. The van der Waals surface area contributed by atoms with Gasteiger partial charge in [0.1, 0.15) is 35.4 Å². The molecule has 0 radical (unpaired) electrons. The first-order valence-electron chi connectivity index (χ1n) is 10.9. The van der Waals surface area contributed by atoms with Crippen molar-refractivity contribution in [1.29, 1.82) is 0 Å². The maximum atomic E-state index is 12.6. The Kier molecular flexibility index (Phi) is 12.0. The van der Waals surface area contributed by atoms with E-state index in [1.807, 2.05) is 0 Å². The highest BCUT2D eigenvalue weighted by Gasteiger charge is 2.25. The van der Waals surface area contributed by atoms with Crippen molar-refractivity contribution < 1.29 is 58.6 Å². The molecule has 196 valence electrons. The van der Waals surface area contributed by atoms with Crippen molar-refractivity contribution in [2.24, 2.45) is 0 Å². The molecule has 4 atom stereocenters. The van der Waals surface area contributed by atoms with Crippen LogP contribution >= 0.6 is 0 Å². The van der Waals surface area contributed by atoms with E-state index in [9.17, 15) is 39.6 Å². The molecule has 1 rings (SSSR count). The van der Waals surface area contributed by atoms with Gasteiger partial charge >= 0.3 is 23.9 Å². The van der Waals surface area contributed by atoms with Gasteiger partial charge in [0.25, 0.3) is 0 Å². The van der Waals surface area contributed by atoms with Crippen LogP contribution < -0.4 is 0 Å². The number of hydrogen-bond donors (Lipinski definition) is 4. The Labute approximate surface area is 202 Å². The summed E-state index contributed by atoms with van der Waals surface area (Å²) in [5.74, 6) is -4.09. The minimum absolute atomic E-state index is 0.111. The standard InChI is InChI=1S/C23H32O12/c1-12(25)5-20(29)35-17(11-24)10-21(30)33-13(2)6-15-8-16(26)9-18(27)22(15)23(31)34-14(3)7-19(28)32-4/h8-9,12-14,17,24-27H,5-7,10-11H2,1-4H3/t12-,13+,14-,17-/m0/s1. The van der Waals surface area contributed by atoms with Crippen LogP contribution in [0.5, 0.6) is 11.5 Å². The van der Waals surface area contributed by atoms with Gasteiger partial charge in [-0.15, -0.1) is 0 Å². The molecule has 0 unspecified atom stereocenters. The molecule has 0 heterocycles. The Morgan fingerprint density at radius 3 is 2.06 bits per heavy atom.